The maximum absolute atomic E-state index is 11.7. The summed E-state index contributed by atoms with van der Waals surface area (Å²) in [6.45, 7) is 1.80. The molecule has 1 aromatic rings. The van der Waals surface area contributed by atoms with Crippen LogP contribution >= 0.6 is 11.6 Å². The van der Waals surface area contributed by atoms with E-state index in [1.165, 1.54) is 12.1 Å². The van der Waals surface area contributed by atoms with Crippen LogP contribution in [0.2, 0.25) is 0 Å². The van der Waals surface area contributed by atoms with Gasteiger partial charge < -0.3 is 0 Å². The van der Waals surface area contributed by atoms with Crippen molar-refractivity contribution in [3.8, 4) is 0 Å². The van der Waals surface area contributed by atoms with Crippen molar-refractivity contribution in [1.29, 1.82) is 0 Å². The smallest absolute Gasteiger partial charge is 0.276 e. The van der Waals surface area contributed by atoms with Crippen LogP contribution in [0.1, 0.15) is 5.56 Å². The Bertz CT molecular complexity index is 554. The number of carbonyl (C=O) groups excluding carboxylic acids is 2. The summed E-state index contributed by atoms with van der Waals surface area (Å²) in [5.74, 6) is -1.22. The lowest BCUT2D eigenvalue weighted by Crippen LogP contribution is -2.42. The molecule has 0 aromatic heterocycles. The molecule has 0 spiro atoms. The number of halogens is 1. The number of sulfonamides is 1. The van der Waals surface area contributed by atoms with Gasteiger partial charge in [0.05, 0.1) is 4.90 Å². The molecule has 0 aliphatic rings. The zero-order chi connectivity index (χ0) is 13.8. The summed E-state index contributed by atoms with van der Waals surface area (Å²) >= 11 is 5.16. The number of hydrogen-bond donors (Lipinski definition) is 2. The minimum atomic E-state index is -3.99. The average molecular weight is 291 g/mol. The molecule has 0 aliphatic heterocycles. The van der Waals surface area contributed by atoms with Crippen LogP contribution in [0, 0.1) is 6.92 Å². The third-order valence-electron chi connectivity index (χ3n) is 1.93. The summed E-state index contributed by atoms with van der Waals surface area (Å²) in [7, 11) is -3.99. The van der Waals surface area contributed by atoms with Crippen LogP contribution in [0.15, 0.2) is 29.2 Å². The Labute approximate surface area is 109 Å². The van der Waals surface area contributed by atoms with E-state index < -0.39 is 27.8 Å². The molecule has 98 valence electrons. The Balaban J connectivity index is 2.79. The third kappa shape index (κ3) is 4.01. The lowest BCUT2D eigenvalue weighted by Gasteiger charge is -2.07. The predicted molar refractivity (Wildman–Crippen MR) is 65.8 cm³/mol. The Kier molecular flexibility index (Phi) is 4.69. The summed E-state index contributed by atoms with van der Waals surface area (Å²) in [4.78, 5) is 21.9. The number of amides is 3. The molecule has 0 heterocycles. The van der Waals surface area contributed by atoms with Gasteiger partial charge in [0, 0.05) is 0 Å². The van der Waals surface area contributed by atoms with Crippen molar-refractivity contribution in [3.05, 3.63) is 29.8 Å². The largest absolute Gasteiger partial charge is 0.335 e. The summed E-state index contributed by atoms with van der Waals surface area (Å²) in [5.41, 5.74) is 0.885. The normalized spacial score (nSPS) is 10.8. The van der Waals surface area contributed by atoms with Crippen LogP contribution in [-0.4, -0.2) is 26.2 Å². The Morgan fingerprint density at radius 2 is 1.78 bits per heavy atom. The molecule has 6 nitrogen and oxygen atoms in total. The second-order valence-electron chi connectivity index (χ2n) is 3.43. The topological polar surface area (TPSA) is 92.3 Å². The molecule has 1 aromatic carbocycles. The number of hydrogen-bond acceptors (Lipinski definition) is 4. The maximum atomic E-state index is 11.7. The van der Waals surface area contributed by atoms with Gasteiger partial charge in [0.2, 0.25) is 5.91 Å². The molecule has 2 N–H and O–H groups in total. The van der Waals surface area contributed by atoms with Gasteiger partial charge >= 0.3 is 6.03 Å². The van der Waals surface area contributed by atoms with Crippen LogP contribution in [0.4, 0.5) is 4.79 Å². The predicted octanol–water partition coefficient (Wildman–Crippen LogP) is 0.748. The molecule has 0 bridgehead atoms. The number of carbonyl (C=O) groups is 2. The van der Waals surface area contributed by atoms with Gasteiger partial charge in [-0.1, -0.05) is 17.7 Å². The highest BCUT2D eigenvalue weighted by atomic mass is 35.5. The maximum Gasteiger partial charge on any atom is 0.335 e. The van der Waals surface area contributed by atoms with Crippen molar-refractivity contribution in [2.24, 2.45) is 0 Å². The van der Waals surface area contributed by atoms with Crippen LogP contribution < -0.4 is 10.0 Å². The van der Waals surface area contributed by atoms with E-state index >= 15 is 0 Å². The number of aryl methyl sites for hydroxylation is 1. The van der Waals surface area contributed by atoms with E-state index in [0.29, 0.717) is 0 Å². The zero-order valence-electron chi connectivity index (χ0n) is 9.44. The van der Waals surface area contributed by atoms with Gasteiger partial charge in [-0.15, -0.1) is 11.6 Å². The van der Waals surface area contributed by atoms with Gasteiger partial charge in [0.15, 0.2) is 0 Å². The molecule has 0 radical (unpaired) electrons. The molecule has 18 heavy (non-hydrogen) atoms. The molecule has 0 aliphatic carbocycles. The SMILES string of the molecule is Cc1ccc(S(=O)(=O)NC(=O)NC(=O)CCl)cc1. The standard InChI is InChI=1S/C10H11ClN2O4S/c1-7-2-4-8(5-3-7)18(16,17)13-10(15)12-9(14)6-11/h2-5H,6H2,1H3,(H2,12,13,14,15). The van der Waals surface area contributed by atoms with E-state index in [2.05, 4.69) is 0 Å². The van der Waals surface area contributed by atoms with Crippen LogP contribution in [0.3, 0.4) is 0 Å². The van der Waals surface area contributed by atoms with E-state index in [9.17, 15) is 18.0 Å². The van der Waals surface area contributed by atoms with Gasteiger partial charge in [-0.2, -0.15) is 0 Å². The van der Waals surface area contributed by atoms with E-state index in [-0.39, 0.29) is 4.90 Å². The van der Waals surface area contributed by atoms with Crippen molar-refractivity contribution in [2.75, 3.05) is 5.88 Å². The Hall–Kier alpha value is -1.60. The highest BCUT2D eigenvalue weighted by Gasteiger charge is 2.18. The van der Waals surface area contributed by atoms with Crippen molar-refractivity contribution in [3.63, 3.8) is 0 Å². The average Bonchev–Trinajstić information content (AvgIpc) is 2.28. The van der Waals surface area contributed by atoms with Gasteiger partial charge in [0.25, 0.3) is 10.0 Å². The molecule has 0 fully saturated rings. The quantitative estimate of drug-likeness (QED) is 0.804. The van der Waals surface area contributed by atoms with Gasteiger partial charge in [-0.3, -0.25) is 10.1 Å². The molecule has 0 saturated carbocycles. The van der Waals surface area contributed by atoms with Gasteiger partial charge in [0.1, 0.15) is 5.88 Å². The molecule has 1 rings (SSSR count). The van der Waals surface area contributed by atoms with Crippen molar-refractivity contribution in [2.45, 2.75) is 11.8 Å². The first-order valence-corrected chi connectivity index (χ1v) is 6.86. The summed E-state index contributed by atoms with van der Waals surface area (Å²) < 4.78 is 25.1. The highest BCUT2D eigenvalue weighted by molar-refractivity contribution is 7.90. The van der Waals surface area contributed by atoms with Crippen LogP contribution in [0.25, 0.3) is 0 Å². The first-order valence-electron chi connectivity index (χ1n) is 4.84. The molecular formula is C10H11ClN2O4S. The monoisotopic (exact) mass is 290 g/mol. The highest BCUT2D eigenvalue weighted by Crippen LogP contribution is 2.09. The van der Waals surface area contributed by atoms with E-state index in [4.69, 9.17) is 11.6 Å². The number of urea groups is 1. The third-order valence-corrected chi connectivity index (χ3v) is 3.52. The van der Waals surface area contributed by atoms with Crippen LogP contribution in [0.5, 0.6) is 0 Å². The molecule has 0 saturated heterocycles. The second kappa shape index (κ2) is 5.83. The fraction of sp³-hybridized carbons (Fsp3) is 0.200. The minimum absolute atomic E-state index is 0.0680. The molecular weight excluding hydrogens is 280 g/mol. The lowest BCUT2D eigenvalue weighted by atomic mass is 10.2. The second-order valence-corrected chi connectivity index (χ2v) is 5.38. The van der Waals surface area contributed by atoms with E-state index in [0.717, 1.165) is 5.56 Å². The lowest BCUT2D eigenvalue weighted by molar-refractivity contribution is -0.117. The van der Waals surface area contributed by atoms with E-state index in [1.807, 2.05) is 0 Å². The first-order chi connectivity index (χ1) is 8.35. The fourth-order valence-corrected chi connectivity index (χ4v) is 2.06. The summed E-state index contributed by atoms with van der Waals surface area (Å²) in [6, 6.07) is 4.76. The van der Waals surface area contributed by atoms with E-state index in [1.54, 1.807) is 29.1 Å². The molecule has 0 atom stereocenters. The Morgan fingerprint density at radius 3 is 2.28 bits per heavy atom. The first kappa shape index (κ1) is 14.5. The fourth-order valence-electron chi connectivity index (χ4n) is 1.08. The minimum Gasteiger partial charge on any atom is -0.276 e. The summed E-state index contributed by atoms with van der Waals surface area (Å²) in [6.07, 6.45) is 0. The number of alkyl halides is 1. The zero-order valence-corrected chi connectivity index (χ0v) is 11.0. The van der Waals surface area contributed by atoms with Crippen molar-refractivity contribution in [1.82, 2.24) is 10.0 Å². The van der Waals surface area contributed by atoms with Crippen molar-refractivity contribution >= 4 is 33.6 Å². The van der Waals surface area contributed by atoms with Crippen LogP contribution in [-0.2, 0) is 14.8 Å². The van der Waals surface area contributed by atoms with Gasteiger partial charge in [-0.25, -0.2) is 17.9 Å². The Morgan fingerprint density at radius 1 is 1.22 bits per heavy atom. The number of rotatable bonds is 3. The number of imide groups is 1. The number of nitrogens with one attached hydrogen (secondary N) is 2. The van der Waals surface area contributed by atoms with Gasteiger partial charge in [-0.05, 0) is 19.1 Å². The molecule has 3 amide bonds. The number of benzene rings is 1. The summed E-state index contributed by atoms with van der Waals surface area (Å²) in [5, 5.41) is 1.77. The molecule has 8 heteroatoms. The molecule has 0 unspecified atom stereocenters. The van der Waals surface area contributed by atoms with Crippen molar-refractivity contribution < 1.29 is 18.0 Å².